The quantitative estimate of drug-likeness (QED) is 0.0626. The minimum absolute atomic E-state index is 0.0458. The smallest absolute Gasteiger partial charge is 0.416 e. The van der Waals surface area contributed by atoms with Crippen LogP contribution in [0.3, 0.4) is 0 Å². The third kappa shape index (κ3) is 14.6. The van der Waals surface area contributed by atoms with Crippen molar-refractivity contribution in [3.63, 3.8) is 0 Å². The highest BCUT2D eigenvalue weighted by Crippen LogP contribution is 2.41. The summed E-state index contributed by atoms with van der Waals surface area (Å²) in [5, 5.41) is 0. The maximum absolute atomic E-state index is 14.2. The second-order valence-corrected chi connectivity index (χ2v) is 17.9. The molecule has 0 atom stereocenters. The number of alkyl halides is 24. The van der Waals surface area contributed by atoms with Crippen LogP contribution < -0.4 is 31.2 Å². The van der Waals surface area contributed by atoms with Crippen molar-refractivity contribution in [1.29, 1.82) is 0 Å². The van der Waals surface area contributed by atoms with Crippen LogP contribution in [-0.4, -0.2) is 16.9 Å². The summed E-state index contributed by atoms with van der Waals surface area (Å²) in [6.07, 6.45) is -49.7. The van der Waals surface area contributed by atoms with Gasteiger partial charge in [-0.05, 0) is 55.3 Å². The standard InChI is InChI=1S/C32H12BF24.C20H19N2O2/c34-25(35,36)13-1-14(26(37,38)39)6-21(5-13)33(22-7-15(27(40,41)42)2-16(8-22)28(43,44)45,23-9-17(29(46,47)48)3-18(10-23)30(49,50)51)24-11-19(31(52,53)54)4-20(12-24)32(55,56)57;1-15-7-6-10-19(16(15)2)24-20-14-22(12-11-21-20)13-18(23)17-8-4-3-5-9-17/h1-12H;3-12,14H,13H2,1-2H3/q-1;+1. The number of nitrogens with zero attached hydrogens (tertiary/aromatic N) is 2. The molecular weight excluding hydrogens is 1150 g/mol. The van der Waals surface area contributed by atoms with Gasteiger partial charge in [-0.25, -0.2) is 4.98 Å². The molecule has 0 bridgehead atoms. The van der Waals surface area contributed by atoms with E-state index in [1.165, 1.54) is 0 Å². The fourth-order valence-corrected chi connectivity index (χ4v) is 8.46. The Hall–Kier alpha value is -7.75. The number of aryl methyl sites for hydroxylation is 1. The van der Waals surface area contributed by atoms with Crippen LogP contribution in [0.4, 0.5) is 105 Å². The molecule has 0 N–H and O–H groups in total. The second-order valence-electron chi connectivity index (χ2n) is 17.9. The number of rotatable bonds is 9. The number of aromatic nitrogens is 2. The maximum atomic E-state index is 14.2. The molecule has 432 valence electrons. The van der Waals surface area contributed by atoms with Crippen molar-refractivity contribution >= 4 is 33.8 Å². The van der Waals surface area contributed by atoms with Gasteiger partial charge >= 0.3 is 49.4 Å². The van der Waals surface area contributed by atoms with Gasteiger partial charge in [0.05, 0.1) is 50.7 Å². The number of hydrogen-bond donors (Lipinski definition) is 0. The summed E-state index contributed by atoms with van der Waals surface area (Å²) in [4.78, 5) is 16.5. The topological polar surface area (TPSA) is 43.1 Å². The number of benzene rings is 6. The summed E-state index contributed by atoms with van der Waals surface area (Å²) in [7, 11) is 0. The first-order valence-electron chi connectivity index (χ1n) is 22.4. The lowest BCUT2D eigenvalue weighted by Gasteiger charge is -2.46. The molecule has 0 aliphatic carbocycles. The molecule has 7 rings (SSSR count). The van der Waals surface area contributed by atoms with E-state index in [-0.39, 0.29) is 12.3 Å². The van der Waals surface area contributed by atoms with E-state index in [2.05, 4.69) is 4.98 Å². The van der Waals surface area contributed by atoms with Crippen LogP contribution in [-0.2, 0) is 56.0 Å². The Morgan fingerprint density at radius 3 is 1.04 bits per heavy atom. The number of carbonyl (C=O) groups excluding carboxylic acids is 1. The molecule has 0 saturated carbocycles. The molecule has 0 saturated heterocycles. The second kappa shape index (κ2) is 22.0. The first kappa shape index (κ1) is 62.5. The summed E-state index contributed by atoms with van der Waals surface area (Å²) in [5.41, 5.74) is -27.3. The largest absolute Gasteiger partial charge is 0.434 e. The van der Waals surface area contributed by atoms with Gasteiger partial charge in [0, 0.05) is 5.56 Å². The highest BCUT2D eigenvalue weighted by Gasteiger charge is 2.47. The number of ketones is 1. The van der Waals surface area contributed by atoms with Crippen LogP contribution in [0.25, 0.3) is 0 Å². The van der Waals surface area contributed by atoms with Crippen LogP contribution in [0.1, 0.15) is 66.0 Å². The van der Waals surface area contributed by atoms with E-state index < -0.39 is 195 Å². The van der Waals surface area contributed by atoms with Crippen molar-refractivity contribution in [2.75, 3.05) is 0 Å². The molecule has 0 fully saturated rings. The monoisotopic (exact) mass is 1180 g/mol. The van der Waals surface area contributed by atoms with E-state index in [4.69, 9.17) is 4.74 Å². The van der Waals surface area contributed by atoms with Crippen LogP contribution in [0.5, 0.6) is 11.6 Å². The Morgan fingerprint density at radius 1 is 0.432 bits per heavy atom. The molecule has 0 aliphatic heterocycles. The zero-order valence-electron chi connectivity index (χ0n) is 40.3. The Kier molecular flexibility index (Phi) is 16.9. The number of halogens is 24. The molecule has 29 heteroatoms. The average molecular weight is 1180 g/mol. The van der Waals surface area contributed by atoms with E-state index in [0.717, 1.165) is 16.9 Å². The summed E-state index contributed by atoms with van der Waals surface area (Å²) in [6, 6.07) is 6.35. The Morgan fingerprint density at radius 2 is 0.741 bits per heavy atom. The fourth-order valence-electron chi connectivity index (χ4n) is 8.46. The molecule has 1 aromatic heterocycles. The molecular formula is C52H31BF24N2O2. The normalized spacial score (nSPS) is 13.2. The fraction of sp³-hybridized carbons (Fsp3) is 0.212. The minimum atomic E-state index is -6.13. The lowest BCUT2D eigenvalue weighted by Crippen LogP contribution is -2.75. The van der Waals surface area contributed by atoms with Gasteiger partial charge in [0.25, 0.3) is 5.88 Å². The Labute approximate surface area is 440 Å². The van der Waals surface area contributed by atoms with Gasteiger partial charge in [-0.1, -0.05) is 91.0 Å². The first-order chi connectivity index (χ1) is 36.9. The maximum Gasteiger partial charge on any atom is 0.416 e. The van der Waals surface area contributed by atoms with Gasteiger partial charge in [0.1, 0.15) is 11.9 Å². The Balaban J connectivity index is 0.000000363. The molecule has 81 heavy (non-hydrogen) atoms. The van der Waals surface area contributed by atoms with Crippen molar-refractivity contribution in [2.24, 2.45) is 0 Å². The van der Waals surface area contributed by atoms with Crippen molar-refractivity contribution in [1.82, 2.24) is 4.98 Å². The number of Topliss-reactive ketones (excluding diaryl/α,β-unsaturated/α-hetero) is 1. The van der Waals surface area contributed by atoms with Crippen LogP contribution in [0.2, 0.25) is 0 Å². The van der Waals surface area contributed by atoms with Gasteiger partial charge in [-0.3, -0.25) is 4.79 Å². The van der Waals surface area contributed by atoms with E-state index in [1.54, 1.807) is 23.2 Å². The summed E-state index contributed by atoms with van der Waals surface area (Å²) in [5.74, 6) is 1.28. The Bertz CT molecular complexity index is 2990. The van der Waals surface area contributed by atoms with Crippen molar-refractivity contribution in [3.8, 4) is 11.6 Å². The van der Waals surface area contributed by atoms with E-state index >= 15 is 0 Å². The van der Waals surface area contributed by atoms with Crippen LogP contribution >= 0.6 is 0 Å². The number of ether oxygens (including phenoxy) is 1. The zero-order valence-corrected chi connectivity index (χ0v) is 40.3. The van der Waals surface area contributed by atoms with E-state index in [1.807, 2.05) is 62.4 Å². The van der Waals surface area contributed by atoms with Gasteiger partial charge in [0.15, 0.2) is 6.20 Å². The van der Waals surface area contributed by atoms with E-state index in [9.17, 15) is 110 Å². The first-order valence-corrected chi connectivity index (χ1v) is 22.4. The summed E-state index contributed by atoms with van der Waals surface area (Å²) >= 11 is 0. The molecule has 4 nitrogen and oxygen atoms in total. The molecule has 0 radical (unpaired) electrons. The lowest BCUT2D eigenvalue weighted by atomic mass is 9.12. The van der Waals surface area contributed by atoms with Gasteiger partial charge in [-0.2, -0.15) is 132 Å². The van der Waals surface area contributed by atoms with Gasteiger partial charge in [-0.15, -0.1) is 0 Å². The SMILES string of the molecule is Cc1cccc(Oc2c[n+](CC(=O)c3ccccc3)ccn2)c1C.FC(F)(F)c1cc([B-](c2cc(C(F)(F)F)cc(C(F)(F)F)c2)(c2cc(C(F)(F)F)cc(C(F)(F)F)c2)c2cc(C(F)(F)F)cc(C(F)(F)F)c2)cc(C(F)(F)F)c1. The molecule has 0 spiro atoms. The predicted molar refractivity (Wildman–Crippen MR) is 241 cm³/mol. The van der Waals surface area contributed by atoms with E-state index in [0.29, 0.717) is 11.4 Å². The lowest BCUT2D eigenvalue weighted by molar-refractivity contribution is -0.683. The van der Waals surface area contributed by atoms with Crippen LogP contribution in [0, 0.1) is 13.8 Å². The van der Waals surface area contributed by atoms with Gasteiger partial charge in [0.2, 0.25) is 18.5 Å². The highest BCUT2D eigenvalue weighted by molar-refractivity contribution is 7.20. The molecule has 7 aromatic rings. The summed E-state index contributed by atoms with van der Waals surface area (Å²) in [6.45, 7) is 4.30. The highest BCUT2D eigenvalue weighted by atomic mass is 19.4. The predicted octanol–water partition coefficient (Wildman–Crippen LogP) is 14.9. The van der Waals surface area contributed by atoms with Crippen molar-refractivity contribution < 1.29 is 119 Å². The molecule has 0 unspecified atom stereocenters. The molecule has 6 aromatic carbocycles. The minimum Gasteiger partial charge on any atom is -0.434 e. The third-order valence-corrected chi connectivity index (χ3v) is 12.4. The number of carbonyl (C=O) groups is 1. The molecule has 1 heterocycles. The third-order valence-electron chi connectivity index (χ3n) is 12.4. The zero-order chi connectivity index (χ0) is 60.9. The number of hydrogen-bond acceptors (Lipinski definition) is 3. The average Bonchev–Trinajstić information content (AvgIpc) is 3.55. The van der Waals surface area contributed by atoms with Gasteiger partial charge < -0.3 is 4.74 Å². The van der Waals surface area contributed by atoms with Crippen molar-refractivity contribution in [3.05, 3.63) is 201 Å². The van der Waals surface area contributed by atoms with Crippen LogP contribution in [0.15, 0.2) is 140 Å². The molecule has 0 amide bonds. The van der Waals surface area contributed by atoms with Crippen molar-refractivity contribution in [2.45, 2.75) is 69.8 Å². The molecule has 0 aliphatic rings. The summed E-state index contributed by atoms with van der Waals surface area (Å²) < 4.78 is 348.